The summed E-state index contributed by atoms with van der Waals surface area (Å²) in [6, 6.07) is 11.4. The van der Waals surface area contributed by atoms with Crippen LogP contribution in [0.15, 0.2) is 47.3 Å². The van der Waals surface area contributed by atoms with E-state index < -0.39 is 22.9 Å². The molecule has 0 unspecified atom stereocenters. The van der Waals surface area contributed by atoms with Crippen LogP contribution in [0.4, 0.5) is 27.3 Å². The summed E-state index contributed by atoms with van der Waals surface area (Å²) in [6.07, 6.45) is 2.22. The molecule has 1 aliphatic heterocycles. The topological polar surface area (TPSA) is 104 Å². The van der Waals surface area contributed by atoms with Gasteiger partial charge in [0.05, 0.1) is 24.6 Å². The van der Waals surface area contributed by atoms with Crippen LogP contribution in [0.25, 0.3) is 0 Å². The lowest BCUT2D eigenvalue weighted by Gasteiger charge is -2.37. The van der Waals surface area contributed by atoms with Crippen LogP contribution < -0.4 is 15.8 Å². The van der Waals surface area contributed by atoms with E-state index in [9.17, 15) is 23.9 Å². The van der Waals surface area contributed by atoms with Gasteiger partial charge >= 0.3 is 0 Å². The molecule has 1 saturated carbocycles. The van der Waals surface area contributed by atoms with Gasteiger partial charge in [-0.25, -0.2) is 4.39 Å². The maximum atomic E-state index is 14.9. The first-order valence-electron chi connectivity index (χ1n) is 12.7. The van der Waals surface area contributed by atoms with Crippen LogP contribution in [0.3, 0.4) is 0 Å². The Morgan fingerprint density at radius 1 is 1.21 bits per heavy atom. The minimum absolute atomic E-state index is 0.0349. The SMILES string of the molecule is Cc1ccc(Nc2c(C(=O)N(C)C3CC3)c(N(C=O)c3cccc(C4(O)COC4)c3)c(C)c(=O)n2C)c(F)c1. The van der Waals surface area contributed by atoms with Crippen molar-refractivity contribution in [1.29, 1.82) is 0 Å². The molecule has 10 heteroatoms. The summed E-state index contributed by atoms with van der Waals surface area (Å²) in [5, 5.41) is 13.8. The third-order valence-corrected chi connectivity index (χ3v) is 7.49. The number of rotatable bonds is 8. The van der Waals surface area contributed by atoms with E-state index in [1.54, 1.807) is 56.1 Å². The number of benzene rings is 2. The molecule has 2 fully saturated rings. The third kappa shape index (κ3) is 4.70. The van der Waals surface area contributed by atoms with Crippen molar-refractivity contribution in [2.45, 2.75) is 38.3 Å². The first-order valence-corrected chi connectivity index (χ1v) is 12.7. The van der Waals surface area contributed by atoms with Crippen molar-refractivity contribution in [3.63, 3.8) is 0 Å². The van der Waals surface area contributed by atoms with Gasteiger partial charge in [-0.05, 0) is 62.1 Å². The fourth-order valence-electron chi connectivity index (χ4n) is 4.87. The normalized spacial score (nSPS) is 15.8. The highest BCUT2D eigenvalue weighted by Gasteiger charge is 2.39. The van der Waals surface area contributed by atoms with Crippen molar-refractivity contribution in [3.05, 3.63) is 80.9 Å². The number of hydrogen-bond donors (Lipinski definition) is 2. The fraction of sp³-hybridized carbons (Fsp3) is 0.345. The molecule has 5 rings (SSSR count). The number of aryl methyl sites for hydroxylation is 1. The number of halogens is 1. The Morgan fingerprint density at radius 3 is 2.51 bits per heavy atom. The van der Waals surface area contributed by atoms with E-state index in [0.717, 1.165) is 12.8 Å². The highest BCUT2D eigenvalue weighted by molar-refractivity contribution is 6.09. The summed E-state index contributed by atoms with van der Waals surface area (Å²) in [7, 11) is 3.18. The smallest absolute Gasteiger partial charge is 0.259 e. The van der Waals surface area contributed by atoms with Crippen molar-refractivity contribution >= 4 is 35.2 Å². The molecular weight excluding hydrogens is 503 g/mol. The summed E-state index contributed by atoms with van der Waals surface area (Å²) < 4.78 is 21.4. The fourth-order valence-corrected chi connectivity index (χ4v) is 4.87. The summed E-state index contributed by atoms with van der Waals surface area (Å²) in [4.78, 5) is 43.0. The monoisotopic (exact) mass is 534 g/mol. The number of carbonyl (C=O) groups is 2. The predicted molar refractivity (Wildman–Crippen MR) is 145 cm³/mol. The van der Waals surface area contributed by atoms with Crippen LogP contribution in [0.2, 0.25) is 0 Å². The lowest BCUT2D eigenvalue weighted by Crippen LogP contribution is -2.46. The van der Waals surface area contributed by atoms with E-state index in [1.165, 1.54) is 28.6 Å². The number of ether oxygens (including phenoxy) is 1. The number of pyridine rings is 1. The lowest BCUT2D eigenvalue weighted by atomic mass is 9.91. The second-order valence-corrected chi connectivity index (χ2v) is 10.4. The Balaban J connectivity index is 1.73. The van der Waals surface area contributed by atoms with Crippen LogP contribution in [-0.4, -0.2) is 53.2 Å². The zero-order valence-corrected chi connectivity index (χ0v) is 22.3. The summed E-state index contributed by atoms with van der Waals surface area (Å²) >= 11 is 0. The van der Waals surface area contributed by atoms with Gasteiger partial charge in [0.2, 0.25) is 6.41 Å². The van der Waals surface area contributed by atoms with Crippen molar-refractivity contribution in [2.24, 2.45) is 7.05 Å². The number of nitrogens with zero attached hydrogens (tertiary/aromatic N) is 3. The number of carbonyl (C=O) groups excluding carboxylic acids is 2. The van der Waals surface area contributed by atoms with Gasteiger partial charge in [0.15, 0.2) is 0 Å². The van der Waals surface area contributed by atoms with Crippen molar-refractivity contribution in [1.82, 2.24) is 9.47 Å². The molecule has 2 amide bonds. The molecular formula is C29H31FN4O5. The number of hydrogen-bond acceptors (Lipinski definition) is 6. The van der Waals surface area contributed by atoms with E-state index in [1.807, 2.05) is 0 Å². The van der Waals surface area contributed by atoms with E-state index in [-0.39, 0.29) is 47.6 Å². The maximum absolute atomic E-state index is 14.9. The number of nitrogens with one attached hydrogen (secondary N) is 1. The molecule has 0 bridgehead atoms. The molecule has 2 aliphatic rings. The van der Waals surface area contributed by atoms with Crippen LogP contribution in [0.5, 0.6) is 0 Å². The molecule has 204 valence electrons. The van der Waals surface area contributed by atoms with E-state index in [4.69, 9.17) is 4.74 Å². The molecule has 9 nitrogen and oxygen atoms in total. The van der Waals surface area contributed by atoms with Crippen LogP contribution in [0, 0.1) is 19.7 Å². The predicted octanol–water partition coefficient (Wildman–Crippen LogP) is 3.63. The highest BCUT2D eigenvalue weighted by atomic mass is 19.1. The molecule has 0 atom stereocenters. The average Bonchev–Trinajstić information content (AvgIpc) is 3.75. The van der Waals surface area contributed by atoms with Gasteiger partial charge in [-0.2, -0.15) is 0 Å². The molecule has 2 aromatic carbocycles. The van der Waals surface area contributed by atoms with Crippen molar-refractivity contribution in [3.8, 4) is 0 Å². The van der Waals surface area contributed by atoms with Crippen LogP contribution >= 0.6 is 0 Å². The van der Waals surface area contributed by atoms with Gasteiger partial charge in [-0.3, -0.25) is 23.9 Å². The number of aromatic nitrogens is 1. The third-order valence-electron chi connectivity index (χ3n) is 7.49. The Kier molecular flexibility index (Phi) is 6.77. The molecule has 2 N–H and O–H groups in total. The number of anilines is 4. The van der Waals surface area contributed by atoms with E-state index in [2.05, 4.69) is 5.32 Å². The number of aliphatic hydroxyl groups is 1. The molecule has 0 spiro atoms. The van der Waals surface area contributed by atoms with Gasteiger partial charge in [0.25, 0.3) is 11.5 Å². The first kappa shape index (κ1) is 26.6. The average molecular weight is 535 g/mol. The molecule has 0 radical (unpaired) electrons. The van der Waals surface area contributed by atoms with E-state index in [0.29, 0.717) is 23.2 Å². The minimum atomic E-state index is -1.19. The Labute approximate surface area is 225 Å². The molecule has 1 aromatic heterocycles. The van der Waals surface area contributed by atoms with E-state index >= 15 is 0 Å². The number of amides is 2. The van der Waals surface area contributed by atoms with Gasteiger partial charge in [0.1, 0.15) is 22.8 Å². The van der Waals surface area contributed by atoms with Gasteiger partial charge < -0.3 is 20.1 Å². The maximum Gasteiger partial charge on any atom is 0.259 e. The van der Waals surface area contributed by atoms with Gasteiger partial charge in [-0.15, -0.1) is 0 Å². The minimum Gasteiger partial charge on any atom is -0.380 e. The zero-order valence-electron chi connectivity index (χ0n) is 22.3. The first-order chi connectivity index (χ1) is 18.6. The molecule has 3 aromatic rings. The molecule has 2 heterocycles. The van der Waals surface area contributed by atoms with Crippen molar-refractivity contribution in [2.75, 3.05) is 30.5 Å². The Bertz CT molecular complexity index is 1530. The van der Waals surface area contributed by atoms with Crippen LogP contribution in [-0.2, 0) is 22.2 Å². The summed E-state index contributed by atoms with van der Waals surface area (Å²) in [5.41, 5.74) is 0.377. The van der Waals surface area contributed by atoms with Crippen LogP contribution in [0.1, 0.15) is 39.9 Å². The standard InChI is InChI=1S/C29H31FN4O5/c1-17-8-11-23(22(30)12-17)31-26-24(28(37)32(3)20-9-10-20)25(18(2)27(36)33(26)4)34(16-35)21-7-5-6-19(13-21)29(38)14-39-15-29/h5-8,11-13,16,20,31,38H,9-10,14-15H2,1-4H3. The Hall–Kier alpha value is -4.02. The quantitative estimate of drug-likeness (QED) is 0.428. The van der Waals surface area contributed by atoms with Gasteiger partial charge in [0, 0.05) is 31.4 Å². The summed E-state index contributed by atoms with van der Waals surface area (Å²) in [6.45, 7) is 3.55. The zero-order chi connectivity index (χ0) is 28.1. The largest absolute Gasteiger partial charge is 0.380 e. The molecule has 1 aliphatic carbocycles. The lowest BCUT2D eigenvalue weighted by molar-refractivity contribution is -0.184. The second kappa shape index (κ2) is 9.94. The highest BCUT2D eigenvalue weighted by Crippen LogP contribution is 2.39. The molecule has 39 heavy (non-hydrogen) atoms. The van der Waals surface area contributed by atoms with Gasteiger partial charge in [-0.1, -0.05) is 18.2 Å². The second-order valence-electron chi connectivity index (χ2n) is 10.4. The Morgan fingerprint density at radius 2 is 1.92 bits per heavy atom. The van der Waals surface area contributed by atoms with Crippen molar-refractivity contribution < 1.29 is 23.8 Å². The summed E-state index contributed by atoms with van der Waals surface area (Å²) in [5.74, 6) is -0.889. The molecule has 1 saturated heterocycles.